The number of nitrogens with zero attached hydrogens (tertiary/aromatic N) is 4. The fourth-order valence-corrected chi connectivity index (χ4v) is 5.86. The molecule has 192 valence electrons. The number of pyridine rings is 1. The van der Waals surface area contributed by atoms with Gasteiger partial charge in [-0.3, -0.25) is 9.80 Å². The Balaban J connectivity index is 1.62. The lowest BCUT2D eigenvalue weighted by atomic mass is 9.69. The number of aromatic nitrogens is 1. The first-order valence-electron chi connectivity index (χ1n) is 12.8. The zero-order chi connectivity index (χ0) is 26.5. The van der Waals surface area contributed by atoms with E-state index < -0.39 is 17.2 Å². The third-order valence-corrected chi connectivity index (χ3v) is 7.69. The predicted molar refractivity (Wildman–Crippen MR) is 146 cm³/mol. The van der Waals surface area contributed by atoms with E-state index in [0.29, 0.717) is 6.54 Å². The summed E-state index contributed by atoms with van der Waals surface area (Å²) < 4.78 is 0. The van der Waals surface area contributed by atoms with Crippen molar-refractivity contribution in [3.63, 3.8) is 0 Å². The number of benzene rings is 2. The number of rotatable bonds is 4. The van der Waals surface area contributed by atoms with Crippen molar-refractivity contribution >= 4 is 17.8 Å². The quantitative estimate of drug-likeness (QED) is 0.441. The standard InChI is InChI=1S/C30H34N4O3/c1-29(2,3)34(28(36)37)30(16-9-17-30)22-14-12-21(13-15-22)26-23(20-10-7-6-8-11-20)18-25-24(31-26)19-32(4)27(35)33(25)5/h6-8,10-15,18H,9,16-17,19H2,1-5H3,(H,36,37). The van der Waals surface area contributed by atoms with Gasteiger partial charge < -0.3 is 10.0 Å². The predicted octanol–water partition coefficient (Wildman–Crippen LogP) is 6.57. The van der Waals surface area contributed by atoms with E-state index in [9.17, 15) is 14.7 Å². The molecule has 7 heteroatoms. The molecule has 0 unspecified atom stereocenters. The number of carboxylic acid groups (broad SMARTS) is 1. The van der Waals surface area contributed by atoms with E-state index >= 15 is 0 Å². The topological polar surface area (TPSA) is 77.0 Å². The minimum absolute atomic E-state index is 0.0574. The Morgan fingerprint density at radius 1 is 1.00 bits per heavy atom. The van der Waals surface area contributed by atoms with E-state index in [-0.39, 0.29) is 6.03 Å². The second-order valence-corrected chi connectivity index (χ2v) is 11.2. The summed E-state index contributed by atoms with van der Waals surface area (Å²) in [6.07, 6.45) is 1.75. The van der Waals surface area contributed by atoms with Crippen LogP contribution in [0.25, 0.3) is 22.4 Å². The normalized spacial score (nSPS) is 16.7. The molecule has 1 aliphatic carbocycles. The van der Waals surface area contributed by atoms with Crippen LogP contribution in [-0.2, 0) is 12.1 Å². The first kappa shape index (κ1) is 24.8. The fourth-order valence-electron chi connectivity index (χ4n) is 5.86. The molecule has 1 fully saturated rings. The van der Waals surface area contributed by atoms with E-state index in [2.05, 4.69) is 42.5 Å². The van der Waals surface area contributed by atoms with Crippen molar-refractivity contribution in [1.82, 2.24) is 14.8 Å². The Bertz CT molecular complexity index is 1340. The van der Waals surface area contributed by atoms with Crippen LogP contribution in [0, 0.1) is 0 Å². The van der Waals surface area contributed by atoms with Crippen molar-refractivity contribution in [1.29, 1.82) is 0 Å². The van der Waals surface area contributed by atoms with Crippen molar-refractivity contribution in [3.05, 3.63) is 71.9 Å². The molecule has 1 aromatic heterocycles. The maximum absolute atomic E-state index is 12.6. The molecule has 7 nitrogen and oxygen atoms in total. The lowest BCUT2D eigenvalue weighted by Gasteiger charge is -2.54. The van der Waals surface area contributed by atoms with E-state index in [4.69, 9.17) is 4.98 Å². The average molecular weight is 499 g/mol. The maximum Gasteiger partial charge on any atom is 0.408 e. The summed E-state index contributed by atoms with van der Waals surface area (Å²) in [6, 6.07) is 20.3. The van der Waals surface area contributed by atoms with E-state index in [1.165, 1.54) is 0 Å². The van der Waals surface area contributed by atoms with Gasteiger partial charge in [-0.2, -0.15) is 0 Å². The number of urea groups is 1. The summed E-state index contributed by atoms with van der Waals surface area (Å²) >= 11 is 0. The van der Waals surface area contributed by atoms with Gasteiger partial charge in [0.1, 0.15) is 0 Å². The Labute approximate surface area is 218 Å². The molecular formula is C30H34N4O3. The zero-order valence-electron chi connectivity index (χ0n) is 22.2. The van der Waals surface area contributed by atoms with Crippen LogP contribution in [0.15, 0.2) is 60.7 Å². The van der Waals surface area contributed by atoms with Gasteiger partial charge in [-0.15, -0.1) is 0 Å². The largest absolute Gasteiger partial charge is 0.465 e. The molecule has 3 aromatic rings. The molecule has 2 heterocycles. The van der Waals surface area contributed by atoms with Crippen molar-refractivity contribution in [2.45, 2.75) is 57.7 Å². The maximum atomic E-state index is 12.6. The number of fused-ring (bicyclic) bond motifs is 1. The van der Waals surface area contributed by atoms with Crippen LogP contribution in [0.2, 0.25) is 0 Å². The van der Waals surface area contributed by atoms with Crippen LogP contribution in [0.3, 0.4) is 0 Å². The molecule has 3 amide bonds. The van der Waals surface area contributed by atoms with Gasteiger partial charge in [0.05, 0.1) is 29.2 Å². The van der Waals surface area contributed by atoms with Gasteiger partial charge >= 0.3 is 12.1 Å². The lowest BCUT2D eigenvalue weighted by Crippen LogP contribution is -2.60. The van der Waals surface area contributed by atoms with Crippen LogP contribution in [0.1, 0.15) is 51.3 Å². The molecule has 5 rings (SSSR count). The first-order valence-corrected chi connectivity index (χ1v) is 12.8. The molecule has 1 N–H and O–H groups in total. The summed E-state index contributed by atoms with van der Waals surface area (Å²) in [5.41, 5.74) is 5.45. The number of hydrogen-bond donors (Lipinski definition) is 1. The number of amides is 3. The lowest BCUT2D eigenvalue weighted by molar-refractivity contribution is -0.0328. The Kier molecular flexibility index (Phi) is 5.97. The van der Waals surface area contributed by atoms with Crippen LogP contribution in [0.5, 0.6) is 0 Å². The Hall–Kier alpha value is -3.87. The number of carbonyl (C=O) groups excluding carboxylic acids is 1. The molecule has 0 atom stereocenters. The molecule has 0 spiro atoms. The summed E-state index contributed by atoms with van der Waals surface area (Å²) in [5.74, 6) is 0. The van der Waals surface area contributed by atoms with E-state index in [1.807, 2.05) is 39.0 Å². The molecule has 0 bridgehead atoms. The number of anilines is 1. The highest BCUT2D eigenvalue weighted by molar-refractivity contribution is 5.96. The van der Waals surface area contributed by atoms with Gasteiger partial charge in [-0.25, -0.2) is 14.6 Å². The first-order chi connectivity index (χ1) is 17.5. The monoisotopic (exact) mass is 498 g/mol. The van der Waals surface area contributed by atoms with Gasteiger partial charge in [-0.05, 0) is 57.2 Å². The van der Waals surface area contributed by atoms with Crippen molar-refractivity contribution < 1.29 is 14.7 Å². The van der Waals surface area contributed by atoms with E-state index in [1.54, 1.807) is 28.8 Å². The molecule has 2 aliphatic rings. The zero-order valence-corrected chi connectivity index (χ0v) is 22.2. The second kappa shape index (κ2) is 8.91. The van der Waals surface area contributed by atoms with Crippen molar-refractivity contribution in [3.8, 4) is 22.4 Å². The van der Waals surface area contributed by atoms with Gasteiger partial charge in [0.25, 0.3) is 0 Å². The number of hydrogen-bond acceptors (Lipinski definition) is 3. The molecule has 2 aromatic carbocycles. The molecule has 1 aliphatic heterocycles. The molecule has 0 radical (unpaired) electrons. The number of carbonyl (C=O) groups is 2. The second-order valence-electron chi connectivity index (χ2n) is 11.2. The van der Waals surface area contributed by atoms with Gasteiger partial charge in [0.2, 0.25) is 0 Å². The minimum Gasteiger partial charge on any atom is -0.465 e. The highest BCUT2D eigenvalue weighted by Crippen LogP contribution is 2.50. The molecule has 1 saturated carbocycles. The molecule has 0 saturated heterocycles. The third kappa shape index (κ3) is 4.12. The van der Waals surface area contributed by atoms with Crippen LogP contribution in [0.4, 0.5) is 15.3 Å². The van der Waals surface area contributed by atoms with Gasteiger partial charge in [0, 0.05) is 30.8 Å². The summed E-state index contributed by atoms with van der Waals surface area (Å²) in [7, 11) is 3.56. The molecule has 37 heavy (non-hydrogen) atoms. The van der Waals surface area contributed by atoms with Crippen LogP contribution >= 0.6 is 0 Å². The average Bonchev–Trinajstić information content (AvgIpc) is 2.84. The summed E-state index contributed by atoms with van der Waals surface area (Å²) in [6.45, 7) is 6.31. The minimum atomic E-state index is -0.887. The smallest absolute Gasteiger partial charge is 0.408 e. The molecular weight excluding hydrogens is 464 g/mol. The highest BCUT2D eigenvalue weighted by atomic mass is 16.4. The Morgan fingerprint density at radius 3 is 2.19 bits per heavy atom. The SMILES string of the molecule is CN1Cc2nc(-c3ccc(C4(N(C(=O)O)C(C)(C)C)CCC4)cc3)c(-c3ccccc3)cc2N(C)C1=O. The van der Waals surface area contributed by atoms with E-state index in [0.717, 1.165) is 58.6 Å². The van der Waals surface area contributed by atoms with Crippen LogP contribution < -0.4 is 4.90 Å². The van der Waals surface area contributed by atoms with Crippen LogP contribution in [-0.4, -0.2) is 51.6 Å². The van der Waals surface area contributed by atoms with Gasteiger partial charge in [-0.1, -0.05) is 54.6 Å². The summed E-state index contributed by atoms with van der Waals surface area (Å²) in [5, 5.41) is 10.1. The van der Waals surface area contributed by atoms with Gasteiger partial charge in [0.15, 0.2) is 0 Å². The van der Waals surface area contributed by atoms with Crippen molar-refractivity contribution in [2.75, 3.05) is 19.0 Å². The van der Waals surface area contributed by atoms with Crippen molar-refractivity contribution in [2.24, 2.45) is 0 Å². The third-order valence-electron chi connectivity index (χ3n) is 7.69. The highest BCUT2D eigenvalue weighted by Gasteiger charge is 2.50. The Morgan fingerprint density at radius 2 is 1.65 bits per heavy atom. The summed E-state index contributed by atoms with van der Waals surface area (Å²) in [4.78, 5) is 35.0. The fraction of sp³-hybridized carbons (Fsp3) is 0.367.